The van der Waals surface area contributed by atoms with E-state index in [0.29, 0.717) is 19.4 Å². The standard InChI is InChI=1S/C14H20N2O3S/c1-4-14(17)16-8-7-11-9-12(5-6-13(11)16)20(18,19)15-10(2)3/h5-6,9-10,15H,4,7-8H2,1-3H3. The summed E-state index contributed by atoms with van der Waals surface area (Å²) in [6, 6.07) is 4.81. The summed E-state index contributed by atoms with van der Waals surface area (Å²) >= 11 is 0. The number of amides is 1. The number of carbonyl (C=O) groups is 1. The van der Waals surface area contributed by atoms with Crippen molar-refractivity contribution in [3.63, 3.8) is 0 Å². The maximum Gasteiger partial charge on any atom is 0.240 e. The first-order valence-electron chi connectivity index (χ1n) is 6.80. The molecule has 0 bridgehead atoms. The third-order valence-corrected chi connectivity index (χ3v) is 4.91. The van der Waals surface area contributed by atoms with E-state index in [0.717, 1.165) is 11.3 Å². The van der Waals surface area contributed by atoms with Crippen molar-refractivity contribution in [3.8, 4) is 0 Å². The van der Waals surface area contributed by atoms with Gasteiger partial charge in [0.25, 0.3) is 0 Å². The van der Waals surface area contributed by atoms with Gasteiger partial charge in [-0.25, -0.2) is 13.1 Å². The molecule has 0 saturated carbocycles. The van der Waals surface area contributed by atoms with Crippen LogP contribution in [0.4, 0.5) is 5.69 Å². The van der Waals surface area contributed by atoms with Gasteiger partial charge in [-0.15, -0.1) is 0 Å². The lowest BCUT2D eigenvalue weighted by Gasteiger charge is -2.16. The Kier molecular flexibility index (Phi) is 4.15. The smallest absolute Gasteiger partial charge is 0.240 e. The quantitative estimate of drug-likeness (QED) is 0.919. The minimum atomic E-state index is -3.48. The monoisotopic (exact) mass is 296 g/mol. The van der Waals surface area contributed by atoms with Crippen LogP contribution in [-0.2, 0) is 21.2 Å². The van der Waals surface area contributed by atoms with Crippen LogP contribution in [0.2, 0.25) is 0 Å². The van der Waals surface area contributed by atoms with Crippen molar-refractivity contribution in [3.05, 3.63) is 23.8 Å². The number of hydrogen-bond donors (Lipinski definition) is 1. The van der Waals surface area contributed by atoms with Crippen molar-refractivity contribution >= 4 is 21.6 Å². The predicted molar refractivity (Wildman–Crippen MR) is 78.2 cm³/mol. The molecule has 0 unspecified atom stereocenters. The van der Waals surface area contributed by atoms with E-state index in [4.69, 9.17) is 0 Å². The molecule has 1 aromatic carbocycles. The van der Waals surface area contributed by atoms with Crippen molar-refractivity contribution < 1.29 is 13.2 Å². The summed E-state index contributed by atoms with van der Waals surface area (Å²) in [5, 5.41) is 0. The van der Waals surface area contributed by atoms with Gasteiger partial charge in [-0.3, -0.25) is 4.79 Å². The van der Waals surface area contributed by atoms with Crippen molar-refractivity contribution in [2.24, 2.45) is 0 Å². The third-order valence-electron chi connectivity index (χ3n) is 3.25. The van der Waals surface area contributed by atoms with E-state index in [1.807, 2.05) is 6.92 Å². The van der Waals surface area contributed by atoms with Crippen LogP contribution < -0.4 is 9.62 Å². The number of carbonyl (C=O) groups excluding carboxylic acids is 1. The molecule has 0 aliphatic carbocycles. The molecule has 0 saturated heterocycles. The second kappa shape index (κ2) is 5.54. The fourth-order valence-electron chi connectivity index (χ4n) is 2.37. The summed E-state index contributed by atoms with van der Waals surface area (Å²) in [5.74, 6) is 0.0691. The fourth-order valence-corrected chi connectivity index (χ4v) is 3.67. The molecule has 0 radical (unpaired) electrons. The van der Waals surface area contributed by atoms with Gasteiger partial charge in [0.05, 0.1) is 4.90 Å². The van der Waals surface area contributed by atoms with E-state index in [1.54, 1.807) is 36.9 Å². The van der Waals surface area contributed by atoms with Crippen molar-refractivity contribution in [1.82, 2.24) is 4.72 Å². The normalized spacial score (nSPS) is 14.7. The Balaban J connectivity index is 2.33. The Bertz CT molecular complexity index is 623. The molecule has 20 heavy (non-hydrogen) atoms. The van der Waals surface area contributed by atoms with Crippen LogP contribution in [0.1, 0.15) is 32.8 Å². The molecule has 1 amide bonds. The average molecular weight is 296 g/mol. The molecule has 2 rings (SSSR count). The Morgan fingerprint density at radius 1 is 1.40 bits per heavy atom. The van der Waals surface area contributed by atoms with Crippen LogP contribution in [0, 0.1) is 0 Å². The molecule has 0 atom stereocenters. The van der Waals surface area contributed by atoms with Gasteiger partial charge in [0.1, 0.15) is 0 Å². The molecule has 6 heteroatoms. The highest BCUT2D eigenvalue weighted by Crippen LogP contribution is 2.30. The SMILES string of the molecule is CCC(=O)N1CCc2cc(S(=O)(=O)NC(C)C)ccc21. The molecule has 1 aliphatic rings. The van der Waals surface area contributed by atoms with Gasteiger partial charge in [-0.05, 0) is 44.0 Å². The number of benzene rings is 1. The molecule has 0 aromatic heterocycles. The predicted octanol–water partition coefficient (Wildman–Crippen LogP) is 1.67. The Morgan fingerprint density at radius 2 is 2.10 bits per heavy atom. The van der Waals surface area contributed by atoms with Gasteiger partial charge < -0.3 is 4.90 Å². The lowest BCUT2D eigenvalue weighted by atomic mass is 10.2. The highest BCUT2D eigenvalue weighted by Gasteiger charge is 2.25. The zero-order valence-electron chi connectivity index (χ0n) is 12.0. The van der Waals surface area contributed by atoms with Crippen LogP contribution in [0.15, 0.2) is 23.1 Å². The van der Waals surface area contributed by atoms with Crippen LogP contribution in [0.3, 0.4) is 0 Å². The van der Waals surface area contributed by atoms with E-state index in [9.17, 15) is 13.2 Å². The minimum absolute atomic E-state index is 0.0691. The summed E-state index contributed by atoms with van der Waals surface area (Å²) in [6.07, 6.45) is 1.15. The number of nitrogens with zero attached hydrogens (tertiary/aromatic N) is 1. The molecule has 1 aliphatic heterocycles. The van der Waals surface area contributed by atoms with Crippen LogP contribution >= 0.6 is 0 Å². The molecule has 1 heterocycles. The lowest BCUT2D eigenvalue weighted by molar-refractivity contribution is -0.118. The first-order valence-corrected chi connectivity index (χ1v) is 8.29. The summed E-state index contributed by atoms with van der Waals surface area (Å²) in [4.78, 5) is 13.8. The van der Waals surface area contributed by atoms with Gasteiger partial charge in [-0.1, -0.05) is 6.92 Å². The molecule has 0 fully saturated rings. The van der Waals surface area contributed by atoms with Gasteiger partial charge in [-0.2, -0.15) is 0 Å². The number of sulfonamides is 1. The lowest BCUT2D eigenvalue weighted by Crippen LogP contribution is -2.30. The van der Waals surface area contributed by atoms with Crippen LogP contribution in [0.25, 0.3) is 0 Å². The zero-order chi connectivity index (χ0) is 14.9. The number of nitrogens with one attached hydrogen (secondary N) is 1. The summed E-state index contributed by atoms with van der Waals surface area (Å²) in [5.41, 5.74) is 1.75. The van der Waals surface area contributed by atoms with E-state index in [-0.39, 0.29) is 16.8 Å². The molecular weight excluding hydrogens is 276 g/mol. The Morgan fingerprint density at radius 3 is 2.70 bits per heavy atom. The van der Waals surface area contributed by atoms with Gasteiger partial charge in [0.15, 0.2) is 0 Å². The molecule has 0 spiro atoms. The number of fused-ring (bicyclic) bond motifs is 1. The maximum atomic E-state index is 12.1. The zero-order valence-corrected chi connectivity index (χ0v) is 12.8. The molecule has 5 nitrogen and oxygen atoms in total. The third kappa shape index (κ3) is 2.86. The van der Waals surface area contributed by atoms with Crippen molar-refractivity contribution in [1.29, 1.82) is 0 Å². The molecular formula is C14H20N2O3S. The topological polar surface area (TPSA) is 66.5 Å². The first-order chi connectivity index (χ1) is 9.35. The Hall–Kier alpha value is -1.40. The van der Waals surface area contributed by atoms with Crippen molar-refractivity contribution in [2.45, 2.75) is 44.6 Å². The minimum Gasteiger partial charge on any atom is -0.312 e. The molecule has 1 aromatic rings. The van der Waals surface area contributed by atoms with E-state index >= 15 is 0 Å². The van der Waals surface area contributed by atoms with Gasteiger partial charge in [0.2, 0.25) is 15.9 Å². The highest BCUT2D eigenvalue weighted by atomic mass is 32.2. The van der Waals surface area contributed by atoms with E-state index in [2.05, 4.69) is 4.72 Å². The second-order valence-electron chi connectivity index (χ2n) is 5.22. The maximum absolute atomic E-state index is 12.1. The largest absolute Gasteiger partial charge is 0.312 e. The molecule has 1 N–H and O–H groups in total. The summed E-state index contributed by atoms with van der Waals surface area (Å²) < 4.78 is 26.8. The number of anilines is 1. The number of rotatable bonds is 4. The fraction of sp³-hybridized carbons (Fsp3) is 0.500. The van der Waals surface area contributed by atoms with Crippen molar-refractivity contribution in [2.75, 3.05) is 11.4 Å². The van der Waals surface area contributed by atoms with Gasteiger partial charge >= 0.3 is 0 Å². The average Bonchev–Trinajstić information content (AvgIpc) is 2.79. The van der Waals surface area contributed by atoms with E-state index in [1.165, 1.54) is 0 Å². The summed E-state index contributed by atoms with van der Waals surface area (Å²) in [7, 11) is -3.48. The first kappa shape index (κ1) is 15.0. The van der Waals surface area contributed by atoms with E-state index < -0.39 is 10.0 Å². The van der Waals surface area contributed by atoms with Crippen LogP contribution in [0.5, 0.6) is 0 Å². The van der Waals surface area contributed by atoms with Gasteiger partial charge in [0, 0.05) is 24.7 Å². The highest BCUT2D eigenvalue weighted by molar-refractivity contribution is 7.89. The summed E-state index contributed by atoms with van der Waals surface area (Å²) in [6.45, 7) is 6.02. The molecule has 110 valence electrons. The second-order valence-corrected chi connectivity index (χ2v) is 6.93. The number of hydrogen-bond acceptors (Lipinski definition) is 3. The Labute approximate surface area is 120 Å². The van der Waals surface area contributed by atoms with Crippen LogP contribution in [-0.4, -0.2) is 26.9 Å².